The van der Waals surface area contributed by atoms with Gasteiger partial charge in [0.15, 0.2) is 5.82 Å². The van der Waals surface area contributed by atoms with E-state index < -0.39 is 52.8 Å². The number of halogens is 1. The molecule has 3 aromatic carbocycles. The molecule has 2 aliphatic rings. The highest BCUT2D eigenvalue weighted by atomic mass is 32.2. The second-order valence-corrected chi connectivity index (χ2v) is 13.7. The Hall–Kier alpha value is -6.30. The molecule has 4 amide bonds. The minimum Gasteiger partial charge on any atom is -0.506 e. The summed E-state index contributed by atoms with van der Waals surface area (Å²) in [6.07, 6.45) is 0.407. The predicted octanol–water partition coefficient (Wildman–Crippen LogP) is 2.31. The maximum atomic E-state index is 15.6. The van der Waals surface area contributed by atoms with Crippen LogP contribution >= 0.6 is 0 Å². The molecule has 52 heavy (non-hydrogen) atoms. The highest BCUT2D eigenvalue weighted by Gasteiger charge is 2.33. The molecule has 0 saturated carbocycles. The molecule has 16 nitrogen and oxygen atoms in total. The van der Waals surface area contributed by atoms with Crippen molar-refractivity contribution in [1.82, 2.24) is 29.0 Å². The Morgan fingerprint density at radius 1 is 1.04 bits per heavy atom. The van der Waals surface area contributed by atoms with Gasteiger partial charge in [-0.2, -0.15) is 5.10 Å². The van der Waals surface area contributed by atoms with Crippen molar-refractivity contribution in [3.05, 3.63) is 82.0 Å². The molecule has 18 heteroatoms. The molecule has 2 unspecified atom stereocenters. The topological polar surface area (TPSA) is 202 Å². The summed E-state index contributed by atoms with van der Waals surface area (Å²) in [7, 11) is 3.19. The van der Waals surface area contributed by atoms with Crippen molar-refractivity contribution >= 4 is 68.7 Å². The standard InChI is InChI=1S/C34H32FN9O7S/c1-17-12-18(4-7-21(17)36-19-5-8-23-25(14-19)41(2)34(50)44(23)24-9-11-28(46)38-33(24)49)13-29(47)37-27-15-22(39-42(27)3)20-6-10-26(45)32(31(20)35)43-16-30(48)40-52(43)51/h4-8,10,12,14-15,24,36,45H,9,11,13,16H2,1-3H3,(H,37,47)(H,40,48)(H,38,46,49). The van der Waals surface area contributed by atoms with E-state index in [-0.39, 0.29) is 53.8 Å². The fraction of sp³-hybridized carbons (Fsp3) is 0.235. The van der Waals surface area contributed by atoms with Crippen LogP contribution in [0.15, 0.2) is 59.4 Å². The number of aromatic nitrogens is 4. The van der Waals surface area contributed by atoms with Gasteiger partial charge in [-0.1, -0.05) is 12.1 Å². The van der Waals surface area contributed by atoms with E-state index in [1.54, 1.807) is 38.4 Å². The summed E-state index contributed by atoms with van der Waals surface area (Å²) in [5.74, 6) is -2.95. The van der Waals surface area contributed by atoms with Gasteiger partial charge in [0, 0.05) is 43.5 Å². The Labute approximate surface area is 296 Å². The third kappa shape index (κ3) is 6.16. The van der Waals surface area contributed by atoms with Crippen molar-refractivity contribution in [2.75, 3.05) is 21.5 Å². The number of phenolic OH excluding ortho intramolecular Hbond substituents is 1. The Kier molecular flexibility index (Phi) is 8.61. The van der Waals surface area contributed by atoms with Crippen LogP contribution in [0.4, 0.5) is 27.3 Å². The van der Waals surface area contributed by atoms with Gasteiger partial charge in [0.25, 0.3) is 5.91 Å². The van der Waals surface area contributed by atoms with E-state index in [0.29, 0.717) is 16.7 Å². The quantitative estimate of drug-likeness (QED) is 0.149. The van der Waals surface area contributed by atoms with Crippen LogP contribution in [0.2, 0.25) is 0 Å². The second kappa shape index (κ2) is 13.1. The maximum Gasteiger partial charge on any atom is 0.329 e. The number of rotatable bonds is 8. The summed E-state index contributed by atoms with van der Waals surface area (Å²) in [5, 5.41) is 23.0. The van der Waals surface area contributed by atoms with Crippen LogP contribution in [0.3, 0.4) is 0 Å². The van der Waals surface area contributed by atoms with Crippen molar-refractivity contribution < 1.29 is 32.9 Å². The van der Waals surface area contributed by atoms with Crippen molar-refractivity contribution in [3.8, 4) is 17.0 Å². The van der Waals surface area contributed by atoms with Crippen LogP contribution in [-0.4, -0.2) is 58.4 Å². The van der Waals surface area contributed by atoms with E-state index in [2.05, 4.69) is 25.8 Å². The number of nitrogens with zero attached hydrogens (tertiary/aromatic N) is 5. The zero-order valence-corrected chi connectivity index (χ0v) is 28.8. The van der Waals surface area contributed by atoms with E-state index in [1.165, 1.54) is 32.0 Å². The molecule has 2 aliphatic heterocycles. The number of nitrogens with one attached hydrogen (secondary N) is 4. The molecule has 2 aromatic heterocycles. The van der Waals surface area contributed by atoms with Gasteiger partial charge in [0.1, 0.15) is 29.8 Å². The number of imidazole rings is 1. The maximum absolute atomic E-state index is 15.6. The number of aromatic hydroxyl groups is 1. The molecule has 5 N–H and O–H groups in total. The highest BCUT2D eigenvalue weighted by molar-refractivity contribution is 7.85. The van der Waals surface area contributed by atoms with Gasteiger partial charge in [-0.25, -0.2) is 13.4 Å². The Morgan fingerprint density at radius 2 is 1.83 bits per heavy atom. The highest BCUT2D eigenvalue weighted by Crippen LogP contribution is 2.38. The third-order valence-electron chi connectivity index (χ3n) is 9.00. The van der Waals surface area contributed by atoms with E-state index in [1.807, 2.05) is 19.1 Å². The zero-order chi connectivity index (χ0) is 37.0. The van der Waals surface area contributed by atoms with Crippen molar-refractivity contribution in [1.29, 1.82) is 0 Å². The molecular formula is C34H32FN9O7S. The Bertz CT molecular complexity index is 2440. The fourth-order valence-electron chi connectivity index (χ4n) is 6.42. The lowest BCUT2D eigenvalue weighted by Gasteiger charge is -2.22. The van der Waals surface area contributed by atoms with Gasteiger partial charge in [0.05, 0.1) is 23.1 Å². The summed E-state index contributed by atoms with van der Waals surface area (Å²) in [6.45, 7) is 1.48. The Balaban J connectivity index is 1.04. The first-order chi connectivity index (χ1) is 24.8. The fourth-order valence-corrected chi connectivity index (χ4v) is 7.36. The van der Waals surface area contributed by atoms with E-state index in [4.69, 9.17) is 0 Å². The molecule has 0 radical (unpaired) electrons. The van der Waals surface area contributed by atoms with Crippen LogP contribution in [0, 0.1) is 12.7 Å². The number of hydrogen-bond acceptors (Lipinski definition) is 9. The molecule has 4 heterocycles. The molecular weight excluding hydrogens is 697 g/mol. The van der Waals surface area contributed by atoms with Gasteiger partial charge >= 0.3 is 5.69 Å². The smallest absolute Gasteiger partial charge is 0.329 e. The van der Waals surface area contributed by atoms with Crippen LogP contribution in [-0.2, 0) is 50.9 Å². The van der Waals surface area contributed by atoms with Gasteiger partial charge in [-0.3, -0.25) is 47.3 Å². The Morgan fingerprint density at radius 3 is 2.54 bits per heavy atom. The molecule has 2 fully saturated rings. The number of amides is 4. The summed E-state index contributed by atoms with van der Waals surface area (Å²) < 4.78 is 35.2. The SMILES string of the molecule is Cc1cc(CC(=O)Nc2cc(-c3ccc(O)c(N4CC(=O)NS4=O)c3F)nn2C)ccc1Nc1ccc2c(c1)n(C)c(=O)n2C1CCC(=O)NC1=O. The minimum absolute atomic E-state index is 0.0169. The van der Waals surface area contributed by atoms with Crippen molar-refractivity contribution in [2.24, 2.45) is 14.1 Å². The number of phenols is 1. The summed E-state index contributed by atoms with van der Waals surface area (Å²) >= 11 is -2.06. The molecule has 2 saturated heterocycles. The van der Waals surface area contributed by atoms with E-state index in [9.17, 15) is 33.3 Å². The lowest BCUT2D eigenvalue weighted by molar-refractivity contribution is -0.135. The third-order valence-corrected chi connectivity index (χ3v) is 10.1. The van der Waals surface area contributed by atoms with Crippen LogP contribution in [0.25, 0.3) is 22.3 Å². The number of fused-ring (bicyclic) bond motifs is 1. The predicted molar refractivity (Wildman–Crippen MR) is 189 cm³/mol. The van der Waals surface area contributed by atoms with E-state index >= 15 is 4.39 Å². The molecule has 268 valence electrons. The zero-order valence-electron chi connectivity index (χ0n) is 28.0. The van der Waals surface area contributed by atoms with Crippen LogP contribution < -0.4 is 30.7 Å². The number of anilines is 4. The monoisotopic (exact) mass is 729 g/mol. The number of carbonyl (C=O) groups is 4. The first-order valence-electron chi connectivity index (χ1n) is 16.0. The molecule has 0 aliphatic carbocycles. The van der Waals surface area contributed by atoms with Crippen LogP contribution in [0.1, 0.15) is 30.0 Å². The molecule has 0 bridgehead atoms. The van der Waals surface area contributed by atoms with Gasteiger partial charge in [-0.15, -0.1) is 0 Å². The van der Waals surface area contributed by atoms with Crippen molar-refractivity contribution in [3.63, 3.8) is 0 Å². The first-order valence-corrected chi connectivity index (χ1v) is 17.2. The molecule has 5 aromatic rings. The number of imide groups is 1. The average molecular weight is 730 g/mol. The average Bonchev–Trinajstić information content (AvgIpc) is 3.69. The molecule has 7 rings (SSSR count). The number of piperidine rings is 1. The van der Waals surface area contributed by atoms with Crippen molar-refractivity contribution in [2.45, 2.75) is 32.2 Å². The second-order valence-electron chi connectivity index (χ2n) is 12.5. The molecule has 0 spiro atoms. The minimum atomic E-state index is -2.06. The van der Waals surface area contributed by atoms with Gasteiger partial charge in [0.2, 0.25) is 28.9 Å². The summed E-state index contributed by atoms with van der Waals surface area (Å²) in [6, 6.07) is 14.0. The first kappa shape index (κ1) is 34.2. The summed E-state index contributed by atoms with van der Waals surface area (Å²) in [5.41, 5.74) is 3.53. The number of hydrogen-bond donors (Lipinski definition) is 5. The summed E-state index contributed by atoms with van der Waals surface area (Å²) in [4.78, 5) is 62.0. The normalized spacial score (nSPS) is 17.4. The largest absolute Gasteiger partial charge is 0.506 e. The number of aryl methyl sites for hydroxylation is 3. The lowest BCUT2D eigenvalue weighted by atomic mass is 10.1. The molecule has 2 atom stereocenters. The van der Waals surface area contributed by atoms with E-state index in [0.717, 1.165) is 21.1 Å². The number of carbonyl (C=O) groups excluding carboxylic acids is 4. The van der Waals surface area contributed by atoms with Gasteiger partial charge < -0.3 is 15.7 Å². The number of benzene rings is 3. The van der Waals surface area contributed by atoms with Crippen LogP contribution in [0.5, 0.6) is 5.75 Å². The lowest BCUT2D eigenvalue weighted by Crippen LogP contribution is -2.44. The van der Waals surface area contributed by atoms with Gasteiger partial charge in [-0.05, 0) is 60.9 Å².